The highest BCUT2D eigenvalue weighted by atomic mass is 16.3. The maximum atomic E-state index is 9.11. The summed E-state index contributed by atoms with van der Waals surface area (Å²) in [4.78, 5) is 8.39. The van der Waals surface area contributed by atoms with E-state index in [-0.39, 0.29) is 18.1 Å². The molecule has 4 nitrogen and oxygen atoms in total. The molecular weight excluding hydrogens is 214 g/mol. The second kappa shape index (κ2) is 5.96. The van der Waals surface area contributed by atoms with Gasteiger partial charge in [-0.1, -0.05) is 27.7 Å². The lowest BCUT2D eigenvalue weighted by Gasteiger charge is -2.31. The quantitative estimate of drug-likeness (QED) is 0.824. The van der Waals surface area contributed by atoms with Crippen LogP contribution in [-0.4, -0.2) is 27.7 Å². The average Bonchev–Trinajstić information content (AvgIpc) is 2.27. The Bertz CT molecular complexity index is 347. The monoisotopic (exact) mass is 237 g/mol. The molecular formula is C13H23N3O. The zero-order chi connectivity index (χ0) is 12.9. The third-order valence-electron chi connectivity index (χ3n) is 2.87. The van der Waals surface area contributed by atoms with Crippen LogP contribution >= 0.6 is 0 Å². The maximum absolute atomic E-state index is 9.11. The number of rotatable bonds is 5. The molecule has 1 unspecified atom stereocenters. The Morgan fingerprint density at radius 2 is 2.06 bits per heavy atom. The number of aryl methyl sites for hydroxylation is 1. The summed E-state index contributed by atoms with van der Waals surface area (Å²) in [6, 6.07) is 2.17. The van der Waals surface area contributed by atoms with E-state index in [9.17, 15) is 0 Å². The van der Waals surface area contributed by atoms with E-state index in [1.54, 1.807) is 6.33 Å². The summed E-state index contributed by atoms with van der Waals surface area (Å²) in [5, 5.41) is 12.5. The Labute approximate surface area is 103 Å². The van der Waals surface area contributed by atoms with Gasteiger partial charge in [0, 0.05) is 24.4 Å². The highest BCUT2D eigenvalue weighted by molar-refractivity contribution is 5.36. The molecule has 2 N–H and O–H groups in total. The van der Waals surface area contributed by atoms with Gasteiger partial charge in [-0.15, -0.1) is 0 Å². The molecule has 4 heteroatoms. The molecule has 0 aliphatic carbocycles. The summed E-state index contributed by atoms with van der Waals surface area (Å²) in [5.41, 5.74) is 1.11. The van der Waals surface area contributed by atoms with Gasteiger partial charge in [0.2, 0.25) is 0 Å². The topological polar surface area (TPSA) is 58.0 Å². The molecule has 0 saturated heterocycles. The highest BCUT2D eigenvalue weighted by Crippen LogP contribution is 2.24. The molecule has 0 aliphatic heterocycles. The molecule has 1 aromatic heterocycles. The van der Waals surface area contributed by atoms with E-state index >= 15 is 0 Å². The lowest BCUT2D eigenvalue weighted by molar-refractivity contribution is 0.235. The minimum absolute atomic E-state index is 0.0834. The lowest BCUT2D eigenvalue weighted by atomic mass is 9.85. The van der Waals surface area contributed by atoms with Gasteiger partial charge in [-0.2, -0.15) is 0 Å². The zero-order valence-corrected chi connectivity index (χ0v) is 11.2. The molecule has 0 fully saturated rings. The molecule has 1 atom stereocenters. The predicted octanol–water partition coefficient (Wildman–Crippen LogP) is 2.25. The first-order valence-corrected chi connectivity index (χ1v) is 6.15. The van der Waals surface area contributed by atoms with Gasteiger partial charge in [-0.3, -0.25) is 0 Å². The number of aliphatic hydroxyl groups is 1. The van der Waals surface area contributed by atoms with Crippen LogP contribution in [0.3, 0.4) is 0 Å². The van der Waals surface area contributed by atoms with Crippen molar-refractivity contribution in [3.63, 3.8) is 0 Å². The van der Waals surface area contributed by atoms with E-state index in [1.165, 1.54) is 0 Å². The first-order chi connectivity index (χ1) is 7.97. The van der Waals surface area contributed by atoms with Crippen LogP contribution in [-0.2, 0) is 6.42 Å². The fourth-order valence-corrected chi connectivity index (χ4v) is 1.70. The van der Waals surface area contributed by atoms with Gasteiger partial charge >= 0.3 is 0 Å². The van der Waals surface area contributed by atoms with Gasteiger partial charge in [-0.25, -0.2) is 9.97 Å². The van der Waals surface area contributed by atoms with Crippen molar-refractivity contribution in [3.05, 3.63) is 18.1 Å². The van der Waals surface area contributed by atoms with E-state index in [1.807, 2.05) is 6.07 Å². The molecule has 0 saturated carbocycles. The van der Waals surface area contributed by atoms with E-state index in [0.717, 1.165) is 24.4 Å². The highest BCUT2D eigenvalue weighted by Gasteiger charge is 2.24. The minimum Gasteiger partial charge on any atom is -0.396 e. The molecule has 1 aromatic rings. The van der Waals surface area contributed by atoms with Crippen LogP contribution in [0.5, 0.6) is 0 Å². The Kier molecular flexibility index (Phi) is 4.87. The van der Waals surface area contributed by atoms with E-state index in [0.29, 0.717) is 0 Å². The minimum atomic E-state index is 0.0834. The Hall–Kier alpha value is -1.16. The summed E-state index contributed by atoms with van der Waals surface area (Å²) in [7, 11) is 0. The number of hydrogen-bond donors (Lipinski definition) is 2. The van der Waals surface area contributed by atoms with Crippen LogP contribution < -0.4 is 5.32 Å². The maximum Gasteiger partial charge on any atom is 0.129 e. The van der Waals surface area contributed by atoms with Crippen molar-refractivity contribution in [1.82, 2.24) is 9.97 Å². The SMILES string of the molecule is CCc1cc(NC(CCO)C(C)(C)C)ncn1. The first-order valence-electron chi connectivity index (χ1n) is 6.15. The number of nitrogens with zero attached hydrogens (tertiary/aromatic N) is 2. The molecule has 0 aromatic carbocycles. The van der Waals surface area contributed by atoms with Crippen LogP contribution in [0.25, 0.3) is 0 Å². The smallest absolute Gasteiger partial charge is 0.129 e. The van der Waals surface area contributed by atoms with Gasteiger partial charge in [-0.05, 0) is 18.3 Å². The zero-order valence-electron chi connectivity index (χ0n) is 11.2. The Balaban J connectivity index is 2.78. The molecule has 0 aliphatic rings. The van der Waals surface area contributed by atoms with Crippen molar-refractivity contribution in [3.8, 4) is 0 Å². The fourth-order valence-electron chi connectivity index (χ4n) is 1.70. The molecule has 0 spiro atoms. The summed E-state index contributed by atoms with van der Waals surface area (Å²) >= 11 is 0. The van der Waals surface area contributed by atoms with Gasteiger partial charge in [0.05, 0.1) is 0 Å². The van der Waals surface area contributed by atoms with Crippen molar-refractivity contribution < 1.29 is 5.11 Å². The number of aromatic nitrogens is 2. The van der Waals surface area contributed by atoms with Gasteiger partial charge < -0.3 is 10.4 Å². The van der Waals surface area contributed by atoms with E-state index < -0.39 is 0 Å². The molecule has 17 heavy (non-hydrogen) atoms. The summed E-state index contributed by atoms with van der Waals surface area (Å²) in [5.74, 6) is 0.838. The van der Waals surface area contributed by atoms with Crippen LogP contribution in [0, 0.1) is 5.41 Å². The molecule has 0 radical (unpaired) electrons. The Morgan fingerprint density at radius 1 is 1.35 bits per heavy atom. The largest absolute Gasteiger partial charge is 0.396 e. The summed E-state index contributed by atoms with van der Waals surface area (Å²) < 4.78 is 0. The first kappa shape index (κ1) is 13.9. The summed E-state index contributed by atoms with van der Waals surface area (Å²) in [6.07, 6.45) is 3.20. The molecule has 0 amide bonds. The van der Waals surface area contributed by atoms with Gasteiger partial charge in [0.15, 0.2) is 0 Å². The van der Waals surface area contributed by atoms with Crippen molar-refractivity contribution in [2.24, 2.45) is 5.41 Å². The van der Waals surface area contributed by atoms with Crippen LogP contribution in [0.2, 0.25) is 0 Å². The Morgan fingerprint density at radius 3 is 2.59 bits per heavy atom. The average molecular weight is 237 g/mol. The number of hydrogen-bond acceptors (Lipinski definition) is 4. The standard InChI is InChI=1S/C13H23N3O/c1-5-10-8-12(15-9-14-10)16-11(6-7-17)13(2,3)4/h8-9,11,17H,5-7H2,1-4H3,(H,14,15,16). The van der Waals surface area contributed by atoms with Gasteiger partial charge in [0.1, 0.15) is 12.1 Å². The number of aliphatic hydroxyl groups excluding tert-OH is 1. The normalized spacial score (nSPS) is 13.5. The van der Waals surface area contributed by atoms with Crippen molar-refractivity contribution in [2.75, 3.05) is 11.9 Å². The lowest BCUT2D eigenvalue weighted by Crippen LogP contribution is -2.35. The van der Waals surface area contributed by atoms with Gasteiger partial charge in [0.25, 0.3) is 0 Å². The summed E-state index contributed by atoms with van der Waals surface area (Å²) in [6.45, 7) is 8.72. The van der Waals surface area contributed by atoms with Crippen LogP contribution in [0.4, 0.5) is 5.82 Å². The van der Waals surface area contributed by atoms with Crippen molar-refractivity contribution >= 4 is 5.82 Å². The number of nitrogens with one attached hydrogen (secondary N) is 1. The molecule has 0 bridgehead atoms. The second-order valence-corrected chi connectivity index (χ2v) is 5.32. The molecule has 96 valence electrons. The fraction of sp³-hybridized carbons (Fsp3) is 0.692. The second-order valence-electron chi connectivity index (χ2n) is 5.32. The molecule has 1 heterocycles. The van der Waals surface area contributed by atoms with E-state index in [2.05, 4.69) is 43.0 Å². The predicted molar refractivity (Wildman–Crippen MR) is 70.0 cm³/mol. The van der Waals surface area contributed by atoms with Crippen molar-refractivity contribution in [2.45, 2.75) is 46.6 Å². The number of anilines is 1. The van der Waals surface area contributed by atoms with Crippen LogP contribution in [0.1, 0.15) is 39.8 Å². The molecule has 1 rings (SSSR count). The third-order valence-corrected chi connectivity index (χ3v) is 2.87. The van der Waals surface area contributed by atoms with Crippen molar-refractivity contribution in [1.29, 1.82) is 0 Å². The van der Waals surface area contributed by atoms with Crippen LogP contribution in [0.15, 0.2) is 12.4 Å². The third kappa shape index (κ3) is 4.30. The van der Waals surface area contributed by atoms with E-state index in [4.69, 9.17) is 5.11 Å².